The third-order valence-corrected chi connectivity index (χ3v) is 6.62. The third kappa shape index (κ3) is 4.73. The van der Waals surface area contributed by atoms with Gasteiger partial charge >= 0.3 is 0 Å². The van der Waals surface area contributed by atoms with Crippen LogP contribution in [-0.4, -0.2) is 27.4 Å². The Morgan fingerprint density at radius 1 is 1.28 bits per heavy atom. The Morgan fingerprint density at radius 3 is 2.80 bits per heavy atom. The molecule has 25 heavy (non-hydrogen) atoms. The van der Waals surface area contributed by atoms with Gasteiger partial charge in [-0.2, -0.15) is 0 Å². The van der Waals surface area contributed by atoms with E-state index < -0.39 is 0 Å². The molecular weight excluding hydrogens is 352 g/mol. The lowest BCUT2D eigenvalue weighted by atomic mass is 10.1. The maximum Gasteiger partial charge on any atom is 0.233 e. The van der Waals surface area contributed by atoms with Crippen molar-refractivity contribution in [1.82, 2.24) is 15.5 Å². The molecule has 0 spiro atoms. The first kappa shape index (κ1) is 18.2. The number of anilines is 2. The molecule has 1 saturated carbocycles. The van der Waals surface area contributed by atoms with Gasteiger partial charge in [-0.1, -0.05) is 48.1 Å². The van der Waals surface area contributed by atoms with E-state index in [0.717, 1.165) is 28.0 Å². The van der Waals surface area contributed by atoms with Gasteiger partial charge in [0.2, 0.25) is 11.0 Å². The maximum atomic E-state index is 12.3. The Labute approximate surface area is 157 Å². The van der Waals surface area contributed by atoms with Crippen LogP contribution in [0.5, 0.6) is 0 Å². The predicted octanol–water partition coefficient (Wildman–Crippen LogP) is 4.44. The number of hydrogen-bond donors (Lipinski definition) is 2. The molecule has 1 aromatic heterocycles. The summed E-state index contributed by atoms with van der Waals surface area (Å²) in [5.41, 5.74) is 3.48. The molecule has 1 atom stereocenters. The highest BCUT2D eigenvalue weighted by atomic mass is 32.2. The van der Waals surface area contributed by atoms with E-state index in [4.69, 9.17) is 0 Å². The summed E-state index contributed by atoms with van der Waals surface area (Å²) in [6, 6.07) is 6.50. The summed E-state index contributed by atoms with van der Waals surface area (Å²) in [5, 5.41) is 15.5. The fraction of sp³-hybridized carbons (Fsp3) is 0.500. The molecule has 7 heteroatoms. The third-order valence-electron chi connectivity index (χ3n) is 4.60. The Balaban J connectivity index is 1.57. The van der Waals surface area contributed by atoms with Crippen molar-refractivity contribution in [2.45, 2.75) is 62.1 Å². The minimum atomic E-state index is -0.165. The van der Waals surface area contributed by atoms with Crippen LogP contribution in [0.2, 0.25) is 0 Å². The molecule has 1 aliphatic rings. The molecule has 1 amide bonds. The average molecular weight is 377 g/mol. The zero-order valence-corrected chi connectivity index (χ0v) is 16.5. The van der Waals surface area contributed by atoms with E-state index in [2.05, 4.69) is 40.7 Å². The molecule has 2 N–H and O–H groups in total. The highest BCUT2D eigenvalue weighted by Crippen LogP contribution is 2.31. The minimum absolute atomic E-state index is 0.0936. The number of amides is 1. The van der Waals surface area contributed by atoms with Gasteiger partial charge < -0.3 is 10.6 Å². The molecule has 1 aliphatic carbocycles. The Hall–Kier alpha value is -1.60. The number of aryl methyl sites for hydroxylation is 1. The molecule has 0 unspecified atom stereocenters. The smallest absolute Gasteiger partial charge is 0.233 e. The number of carbonyl (C=O) groups is 1. The molecule has 0 aliphatic heterocycles. The molecular formula is C18H24N4OS2. The Kier molecular flexibility index (Phi) is 5.96. The molecule has 1 aromatic carbocycles. The summed E-state index contributed by atoms with van der Waals surface area (Å²) in [4.78, 5) is 12.3. The van der Waals surface area contributed by atoms with Gasteiger partial charge in [0.15, 0.2) is 4.34 Å². The van der Waals surface area contributed by atoms with Gasteiger partial charge in [0.1, 0.15) is 0 Å². The second-order valence-corrected chi connectivity index (χ2v) is 9.06. The van der Waals surface area contributed by atoms with E-state index in [1.807, 2.05) is 19.1 Å². The lowest BCUT2D eigenvalue weighted by Crippen LogP contribution is -2.37. The summed E-state index contributed by atoms with van der Waals surface area (Å²) >= 11 is 2.95. The molecule has 134 valence electrons. The minimum Gasteiger partial charge on any atom is -0.352 e. The van der Waals surface area contributed by atoms with Gasteiger partial charge in [0.25, 0.3) is 0 Å². The number of nitrogens with one attached hydrogen (secondary N) is 2. The van der Waals surface area contributed by atoms with Crippen molar-refractivity contribution in [2.24, 2.45) is 0 Å². The molecule has 0 bridgehead atoms. The second-order valence-electron chi connectivity index (χ2n) is 6.50. The summed E-state index contributed by atoms with van der Waals surface area (Å²) in [5.74, 6) is 0.0936. The molecule has 0 radical (unpaired) electrons. The van der Waals surface area contributed by atoms with Crippen molar-refractivity contribution in [3.8, 4) is 0 Å². The summed E-state index contributed by atoms with van der Waals surface area (Å²) in [6.45, 7) is 6.10. The Bertz CT molecular complexity index is 740. The largest absolute Gasteiger partial charge is 0.352 e. The normalized spacial score (nSPS) is 16.0. The first-order chi connectivity index (χ1) is 12.0. The second kappa shape index (κ2) is 8.19. The van der Waals surface area contributed by atoms with Crippen LogP contribution in [0.1, 0.15) is 43.7 Å². The van der Waals surface area contributed by atoms with Crippen molar-refractivity contribution < 1.29 is 4.79 Å². The molecule has 1 heterocycles. The lowest BCUT2D eigenvalue weighted by molar-refractivity contribution is -0.120. The quantitative estimate of drug-likeness (QED) is 0.730. The highest BCUT2D eigenvalue weighted by Gasteiger charge is 2.22. The van der Waals surface area contributed by atoms with Crippen LogP contribution in [0.25, 0.3) is 0 Å². The van der Waals surface area contributed by atoms with E-state index in [-0.39, 0.29) is 11.2 Å². The van der Waals surface area contributed by atoms with E-state index in [0.29, 0.717) is 6.04 Å². The summed E-state index contributed by atoms with van der Waals surface area (Å²) in [6.07, 6.45) is 4.64. The molecule has 1 fully saturated rings. The first-order valence-electron chi connectivity index (χ1n) is 8.66. The van der Waals surface area contributed by atoms with E-state index in [9.17, 15) is 4.79 Å². The molecule has 2 aromatic rings. The number of hydrogen-bond acceptors (Lipinski definition) is 6. The number of thioether (sulfide) groups is 1. The monoisotopic (exact) mass is 376 g/mol. The van der Waals surface area contributed by atoms with Gasteiger partial charge in [0, 0.05) is 11.7 Å². The molecule has 5 nitrogen and oxygen atoms in total. The molecule has 3 rings (SSSR count). The van der Waals surface area contributed by atoms with Gasteiger partial charge in [-0.15, -0.1) is 10.2 Å². The zero-order chi connectivity index (χ0) is 17.8. The number of aromatic nitrogens is 2. The SMILES string of the molecule is Cc1cccc(Nc2nnc(S[C@H](C)C(=O)NC3CCCC3)s2)c1C. The van der Waals surface area contributed by atoms with Gasteiger partial charge in [-0.3, -0.25) is 4.79 Å². The lowest BCUT2D eigenvalue weighted by Gasteiger charge is -2.15. The fourth-order valence-corrected chi connectivity index (χ4v) is 4.82. The number of rotatable bonds is 6. The van der Waals surface area contributed by atoms with E-state index >= 15 is 0 Å². The first-order valence-corrected chi connectivity index (χ1v) is 10.4. The van der Waals surface area contributed by atoms with Crippen LogP contribution < -0.4 is 10.6 Å². The standard InChI is InChI=1S/C18H24N4OS2/c1-11-7-6-10-15(12(11)2)20-17-21-22-18(25-17)24-13(3)16(23)19-14-8-4-5-9-14/h6-7,10,13-14H,4-5,8-9H2,1-3H3,(H,19,23)(H,20,21)/t13-/m1/s1. The van der Waals surface area contributed by atoms with Gasteiger partial charge in [-0.25, -0.2) is 0 Å². The Morgan fingerprint density at radius 2 is 2.04 bits per heavy atom. The van der Waals surface area contributed by atoms with E-state index in [1.54, 1.807) is 0 Å². The topological polar surface area (TPSA) is 66.9 Å². The molecule has 0 saturated heterocycles. The number of carbonyl (C=O) groups excluding carboxylic acids is 1. The summed E-state index contributed by atoms with van der Waals surface area (Å²) in [7, 11) is 0. The zero-order valence-electron chi connectivity index (χ0n) is 14.8. The van der Waals surface area contributed by atoms with Crippen LogP contribution in [0.15, 0.2) is 22.5 Å². The van der Waals surface area contributed by atoms with Crippen LogP contribution in [-0.2, 0) is 4.79 Å². The van der Waals surface area contributed by atoms with Crippen LogP contribution in [0.4, 0.5) is 10.8 Å². The predicted molar refractivity (Wildman–Crippen MR) is 105 cm³/mol. The number of nitrogens with zero attached hydrogens (tertiary/aromatic N) is 2. The van der Waals surface area contributed by atoms with Crippen LogP contribution >= 0.6 is 23.1 Å². The van der Waals surface area contributed by atoms with Crippen molar-refractivity contribution in [1.29, 1.82) is 0 Å². The average Bonchev–Trinajstić information content (AvgIpc) is 3.24. The van der Waals surface area contributed by atoms with Crippen LogP contribution in [0.3, 0.4) is 0 Å². The number of benzene rings is 1. The van der Waals surface area contributed by atoms with E-state index in [1.165, 1.54) is 47.1 Å². The van der Waals surface area contributed by atoms with Gasteiger partial charge in [0.05, 0.1) is 5.25 Å². The van der Waals surface area contributed by atoms with Crippen molar-refractivity contribution in [2.75, 3.05) is 5.32 Å². The highest BCUT2D eigenvalue weighted by molar-refractivity contribution is 8.02. The van der Waals surface area contributed by atoms with Gasteiger partial charge in [-0.05, 0) is 50.8 Å². The van der Waals surface area contributed by atoms with Crippen molar-refractivity contribution >= 4 is 39.8 Å². The van der Waals surface area contributed by atoms with Crippen LogP contribution in [0, 0.1) is 13.8 Å². The maximum absolute atomic E-state index is 12.3. The summed E-state index contributed by atoms with van der Waals surface area (Å²) < 4.78 is 0.807. The van der Waals surface area contributed by atoms with Crippen molar-refractivity contribution in [3.63, 3.8) is 0 Å². The van der Waals surface area contributed by atoms with Crippen molar-refractivity contribution in [3.05, 3.63) is 29.3 Å². The fourth-order valence-electron chi connectivity index (χ4n) is 2.90.